The molecule has 1 saturated heterocycles. The van der Waals surface area contributed by atoms with Crippen LogP contribution in [0.3, 0.4) is 0 Å². The van der Waals surface area contributed by atoms with E-state index in [1.807, 2.05) is 0 Å². The number of hydrogen-bond donors (Lipinski definition) is 1. The second-order valence-corrected chi connectivity index (χ2v) is 6.94. The van der Waals surface area contributed by atoms with Gasteiger partial charge in [0.25, 0.3) is 0 Å². The van der Waals surface area contributed by atoms with Crippen molar-refractivity contribution in [3.8, 4) is 0 Å². The lowest BCUT2D eigenvalue weighted by Crippen LogP contribution is -2.29. The number of nitrogens with one attached hydrogen (secondary N) is 1. The first kappa shape index (κ1) is 13.8. The highest BCUT2D eigenvalue weighted by molar-refractivity contribution is 9.09. The van der Waals surface area contributed by atoms with Gasteiger partial charge in [0.1, 0.15) is 0 Å². The first-order chi connectivity index (χ1) is 10.8. The molecular formula is C20H18BrN. The fraction of sp³-hybridized carbons (Fsp3) is 0.200. The summed E-state index contributed by atoms with van der Waals surface area (Å²) in [6.07, 6.45) is 6.86. The van der Waals surface area contributed by atoms with Crippen LogP contribution in [0.15, 0.2) is 54.2 Å². The quantitative estimate of drug-likeness (QED) is 0.557. The predicted octanol–water partition coefficient (Wildman–Crippen LogP) is 5.08. The third kappa shape index (κ3) is 2.32. The SMILES string of the molecule is BrC1CCCNC1=C1c2ccccc2C=Cc2ccccc21. The largest absolute Gasteiger partial charge is 0.387 e. The number of hydrogen-bond acceptors (Lipinski definition) is 1. The number of allylic oxidation sites excluding steroid dienone is 1. The fourth-order valence-corrected chi connectivity index (χ4v) is 4.07. The van der Waals surface area contributed by atoms with Crippen LogP contribution in [-0.2, 0) is 0 Å². The highest BCUT2D eigenvalue weighted by atomic mass is 79.9. The summed E-state index contributed by atoms with van der Waals surface area (Å²) in [5.41, 5.74) is 7.88. The molecule has 0 amide bonds. The van der Waals surface area contributed by atoms with Gasteiger partial charge in [0.2, 0.25) is 0 Å². The Morgan fingerprint density at radius 2 is 1.45 bits per heavy atom. The van der Waals surface area contributed by atoms with Crippen molar-refractivity contribution < 1.29 is 0 Å². The Morgan fingerprint density at radius 1 is 0.864 bits per heavy atom. The molecule has 2 heteroatoms. The van der Waals surface area contributed by atoms with Crippen LogP contribution in [0, 0.1) is 0 Å². The molecule has 0 bridgehead atoms. The summed E-state index contributed by atoms with van der Waals surface area (Å²) in [5, 5.41) is 3.65. The van der Waals surface area contributed by atoms with Gasteiger partial charge in [-0.05, 0) is 35.1 Å². The molecule has 1 aliphatic carbocycles. The molecule has 1 fully saturated rings. The molecule has 2 aliphatic rings. The van der Waals surface area contributed by atoms with Crippen molar-refractivity contribution >= 4 is 33.7 Å². The van der Waals surface area contributed by atoms with Crippen molar-refractivity contribution in [3.63, 3.8) is 0 Å². The lowest BCUT2D eigenvalue weighted by atomic mass is 9.89. The molecule has 1 N–H and O–H groups in total. The van der Waals surface area contributed by atoms with Crippen molar-refractivity contribution in [2.75, 3.05) is 6.54 Å². The van der Waals surface area contributed by atoms with Crippen molar-refractivity contribution in [3.05, 3.63) is 76.5 Å². The minimum atomic E-state index is 0.399. The van der Waals surface area contributed by atoms with Crippen molar-refractivity contribution in [1.29, 1.82) is 0 Å². The highest BCUT2D eigenvalue weighted by Gasteiger charge is 2.24. The zero-order valence-electron chi connectivity index (χ0n) is 12.4. The van der Waals surface area contributed by atoms with E-state index in [9.17, 15) is 0 Å². The lowest BCUT2D eigenvalue weighted by molar-refractivity contribution is 0.605. The van der Waals surface area contributed by atoms with Crippen molar-refractivity contribution in [2.45, 2.75) is 17.7 Å². The molecule has 0 radical (unpaired) electrons. The molecule has 1 aliphatic heterocycles. The Kier molecular flexibility index (Phi) is 3.63. The molecular weight excluding hydrogens is 334 g/mol. The van der Waals surface area contributed by atoms with E-state index >= 15 is 0 Å². The number of alkyl halides is 1. The van der Waals surface area contributed by atoms with Crippen LogP contribution in [0.4, 0.5) is 0 Å². The van der Waals surface area contributed by atoms with Gasteiger partial charge in [-0.1, -0.05) is 76.6 Å². The van der Waals surface area contributed by atoms with Gasteiger partial charge in [-0.15, -0.1) is 0 Å². The van der Waals surface area contributed by atoms with Gasteiger partial charge in [0.05, 0.1) is 4.83 Å². The average Bonchev–Trinajstić information content (AvgIpc) is 2.73. The second-order valence-electron chi connectivity index (χ2n) is 5.83. The van der Waals surface area contributed by atoms with Crippen LogP contribution < -0.4 is 5.32 Å². The van der Waals surface area contributed by atoms with Crippen LogP contribution in [0.25, 0.3) is 17.7 Å². The molecule has 0 aromatic heterocycles. The van der Waals surface area contributed by atoms with Gasteiger partial charge < -0.3 is 5.32 Å². The lowest BCUT2D eigenvalue weighted by Gasteiger charge is -2.27. The molecule has 1 heterocycles. The van der Waals surface area contributed by atoms with Crippen molar-refractivity contribution in [2.24, 2.45) is 0 Å². The molecule has 1 nitrogen and oxygen atoms in total. The number of fused-ring (bicyclic) bond motifs is 2. The monoisotopic (exact) mass is 351 g/mol. The maximum atomic E-state index is 3.88. The summed E-state index contributed by atoms with van der Waals surface area (Å²) in [7, 11) is 0. The standard InChI is InChI=1S/C20H18BrN/c21-18-10-5-13-22-20(18)19-16-8-3-1-6-14(16)11-12-15-7-2-4-9-17(15)19/h1-4,6-9,11-12,18,22H,5,10,13H2. The van der Waals surface area contributed by atoms with E-state index in [4.69, 9.17) is 0 Å². The van der Waals surface area contributed by atoms with Gasteiger partial charge in [0.15, 0.2) is 0 Å². The maximum absolute atomic E-state index is 3.88. The number of rotatable bonds is 0. The number of benzene rings is 2. The third-order valence-electron chi connectivity index (χ3n) is 4.44. The Hall–Kier alpha value is -1.80. The Morgan fingerprint density at radius 3 is 2.05 bits per heavy atom. The molecule has 110 valence electrons. The minimum absolute atomic E-state index is 0.399. The van der Waals surface area contributed by atoms with Gasteiger partial charge >= 0.3 is 0 Å². The van der Waals surface area contributed by atoms with E-state index in [-0.39, 0.29) is 0 Å². The molecule has 0 spiro atoms. The van der Waals surface area contributed by atoms with E-state index < -0.39 is 0 Å². The number of piperidine rings is 1. The van der Waals surface area contributed by atoms with Gasteiger partial charge in [-0.25, -0.2) is 0 Å². The van der Waals surface area contributed by atoms with Gasteiger partial charge in [0, 0.05) is 17.8 Å². The zero-order valence-corrected chi connectivity index (χ0v) is 13.9. The van der Waals surface area contributed by atoms with Crippen molar-refractivity contribution in [1.82, 2.24) is 5.32 Å². The van der Waals surface area contributed by atoms with Crippen LogP contribution in [0.5, 0.6) is 0 Å². The summed E-state index contributed by atoms with van der Waals surface area (Å²) in [6.45, 7) is 1.05. The molecule has 0 saturated carbocycles. The van der Waals surface area contributed by atoms with E-state index in [0.29, 0.717) is 4.83 Å². The number of halogens is 1. The average molecular weight is 352 g/mol. The molecule has 4 rings (SSSR count). The second kappa shape index (κ2) is 5.77. The molecule has 1 atom stereocenters. The summed E-state index contributed by atoms with van der Waals surface area (Å²) in [6, 6.07) is 17.4. The summed E-state index contributed by atoms with van der Waals surface area (Å²) in [4.78, 5) is 0.399. The summed E-state index contributed by atoms with van der Waals surface area (Å²) >= 11 is 3.88. The molecule has 2 aromatic rings. The normalized spacial score (nSPS) is 20.0. The molecule has 22 heavy (non-hydrogen) atoms. The van der Waals surface area contributed by atoms with Gasteiger partial charge in [-0.2, -0.15) is 0 Å². The first-order valence-electron chi connectivity index (χ1n) is 7.83. The topological polar surface area (TPSA) is 12.0 Å². The van der Waals surface area contributed by atoms with Crippen LogP contribution in [-0.4, -0.2) is 11.4 Å². The Bertz CT molecular complexity index is 721. The predicted molar refractivity (Wildman–Crippen MR) is 97.8 cm³/mol. The van der Waals surface area contributed by atoms with E-state index in [1.54, 1.807) is 0 Å². The maximum Gasteiger partial charge on any atom is 0.0549 e. The van der Waals surface area contributed by atoms with Crippen LogP contribution in [0.2, 0.25) is 0 Å². The smallest absolute Gasteiger partial charge is 0.0549 e. The minimum Gasteiger partial charge on any atom is -0.387 e. The highest BCUT2D eigenvalue weighted by Crippen LogP contribution is 2.38. The fourth-order valence-electron chi connectivity index (χ4n) is 3.36. The van der Waals surface area contributed by atoms with E-state index in [2.05, 4.69) is 81.9 Å². The van der Waals surface area contributed by atoms with Crippen LogP contribution in [0.1, 0.15) is 35.1 Å². The van der Waals surface area contributed by atoms with E-state index in [1.165, 1.54) is 46.4 Å². The van der Waals surface area contributed by atoms with Crippen LogP contribution >= 0.6 is 15.9 Å². The molecule has 2 aromatic carbocycles. The van der Waals surface area contributed by atoms with Gasteiger partial charge in [-0.3, -0.25) is 0 Å². The summed E-state index contributed by atoms with van der Waals surface area (Å²) in [5.74, 6) is 0. The van der Waals surface area contributed by atoms with E-state index in [0.717, 1.165) is 6.54 Å². The third-order valence-corrected chi connectivity index (χ3v) is 5.35. The molecule has 1 unspecified atom stereocenters. The Balaban J connectivity index is 2.04. The summed E-state index contributed by atoms with van der Waals surface area (Å²) < 4.78 is 0. The Labute approximate surface area is 139 Å². The zero-order chi connectivity index (χ0) is 14.9. The first-order valence-corrected chi connectivity index (χ1v) is 8.75.